The van der Waals surface area contributed by atoms with Crippen LogP contribution in [0.5, 0.6) is 0 Å². The summed E-state index contributed by atoms with van der Waals surface area (Å²) in [4.78, 5) is 31.3. The number of nitrogens with one attached hydrogen (secondary N) is 1. The Morgan fingerprint density at radius 1 is 1.08 bits per heavy atom. The summed E-state index contributed by atoms with van der Waals surface area (Å²) in [5, 5.41) is 2.82. The Morgan fingerprint density at radius 2 is 1.79 bits per heavy atom. The molecule has 0 atom stereocenters. The first-order valence-corrected chi connectivity index (χ1v) is 7.70. The van der Waals surface area contributed by atoms with Crippen molar-refractivity contribution in [1.82, 2.24) is 14.8 Å². The van der Waals surface area contributed by atoms with E-state index in [1.54, 1.807) is 62.7 Å². The van der Waals surface area contributed by atoms with E-state index in [-0.39, 0.29) is 11.9 Å². The van der Waals surface area contributed by atoms with Crippen molar-refractivity contribution in [2.75, 3.05) is 33.0 Å². The number of carbonyl (C=O) groups is 2. The fourth-order valence-corrected chi connectivity index (χ4v) is 2.15. The van der Waals surface area contributed by atoms with Crippen LogP contribution in [0.3, 0.4) is 0 Å². The molecule has 0 fully saturated rings. The van der Waals surface area contributed by atoms with E-state index in [2.05, 4.69) is 10.3 Å². The summed E-state index contributed by atoms with van der Waals surface area (Å²) in [6.07, 6.45) is 4.23. The Labute approximate surface area is 142 Å². The lowest BCUT2D eigenvalue weighted by Crippen LogP contribution is -2.33. The molecular formula is C18H22N4O2. The summed E-state index contributed by atoms with van der Waals surface area (Å²) in [5.74, 6) is -0.0999. The van der Waals surface area contributed by atoms with Crippen molar-refractivity contribution in [3.8, 4) is 0 Å². The van der Waals surface area contributed by atoms with Crippen LogP contribution < -0.4 is 5.32 Å². The highest BCUT2D eigenvalue weighted by Crippen LogP contribution is 2.12. The first kappa shape index (κ1) is 17.5. The van der Waals surface area contributed by atoms with E-state index in [4.69, 9.17) is 0 Å². The van der Waals surface area contributed by atoms with E-state index in [1.807, 2.05) is 12.1 Å². The van der Waals surface area contributed by atoms with Crippen LogP contribution in [-0.4, -0.2) is 54.4 Å². The molecule has 0 spiro atoms. The zero-order chi connectivity index (χ0) is 17.5. The Bertz CT molecular complexity index is 701. The van der Waals surface area contributed by atoms with Crippen LogP contribution in [0.2, 0.25) is 0 Å². The SMILES string of the molecule is CN(C)C(=O)c1cccc(NC(=O)N(C)CCc2ccncc2)c1. The van der Waals surface area contributed by atoms with Crippen LogP contribution in [-0.2, 0) is 6.42 Å². The molecule has 0 aliphatic rings. The Morgan fingerprint density at radius 3 is 2.46 bits per heavy atom. The van der Waals surface area contributed by atoms with E-state index >= 15 is 0 Å². The number of hydrogen-bond acceptors (Lipinski definition) is 3. The molecule has 0 aliphatic heterocycles. The molecule has 24 heavy (non-hydrogen) atoms. The van der Waals surface area contributed by atoms with Crippen molar-refractivity contribution in [2.45, 2.75) is 6.42 Å². The molecule has 2 aromatic rings. The number of aromatic nitrogens is 1. The third-order valence-corrected chi connectivity index (χ3v) is 3.60. The van der Waals surface area contributed by atoms with Gasteiger partial charge in [0.1, 0.15) is 0 Å². The van der Waals surface area contributed by atoms with Crippen LogP contribution in [0.15, 0.2) is 48.8 Å². The number of anilines is 1. The molecule has 2 rings (SSSR count). The van der Waals surface area contributed by atoms with Crippen molar-refractivity contribution in [3.05, 3.63) is 59.9 Å². The summed E-state index contributed by atoms with van der Waals surface area (Å²) in [6.45, 7) is 0.589. The number of amides is 3. The smallest absolute Gasteiger partial charge is 0.321 e. The highest BCUT2D eigenvalue weighted by molar-refractivity contribution is 5.96. The van der Waals surface area contributed by atoms with Gasteiger partial charge >= 0.3 is 6.03 Å². The minimum absolute atomic E-state index is 0.0999. The number of rotatable bonds is 5. The van der Waals surface area contributed by atoms with E-state index in [0.717, 1.165) is 12.0 Å². The number of urea groups is 1. The molecule has 0 aliphatic carbocycles. The second-order valence-electron chi connectivity index (χ2n) is 5.74. The highest BCUT2D eigenvalue weighted by Gasteiger charge is 2.12. The maximum absolute atomic E-state index is 12.3. The normalized spacial score (nSPS) is 10.1. The van der Waals surface area contributed by atoms with Gasteiger partial charge in [0.2, 0.25) is 0 Å². The van der Waals surface area contributed by atoms with Gasteiger partial charge in [-0.2, -0.15) is 0 Å². The maximum Gasteiger partial charge on any atom is 0.321 e. The van der Waals surface area contributed by atoms with Gasteiger partial charge in [-0.3, -0.25) is 9.78 Å². The fraction of sp³-hybridized carbons (Fsp3) is 0.278. The average Bonchev–Trinajstić information content (AvgIpc) is 2.60. The van der Waals surface area contributed by atoms with Gasteiger partial charge in [-0.25, -0.2) is 4.79 Å². The molecule has 1 aromatic carbocycles. The number of carbonyl (C=O) groups excluding carboxylic acids is 2. The number of hydrogen-bond donors (Lipinski definition) is 1. The second kappa shape index (κ2) is 8.10. The van der Waals surface area contributed by atoms with Gasteiger partial charge in [0, 0.05) is 51.3 Å². The largest absolute Gasteiger partial charge is 0.345 e. The minimum atomic E-state index is -0.210. The average molecular weight is 326 g/mol. The van der Waals surface area contributed by atoms with Gasteiger partial charge in [-0.05, 0) is 42.3 Å². The lowest BCUT2D eigenvalue weighted by Gasteiger charge is -2.18. The number of nitrogens with zero attached hydrogens (tertiary/aromatic N) is 3. The van der Waals surface area contributed by atoms with E-state index in [9.17, 15) is 9.59 Å². The van der Waals surface area contributed by atoms with Gasteiger partial charge in [-0.1, -0.05) is 6.07 Å². The molecule has 6 nitrogen and oxygen atoms in total. The van der Waals surface area contributed by atoms with E-state index in [0.29, 0.717) is 17.8 Å². The molecule has 6 heteroatoms. The first-order chi connectivity index (χ1) is 11.5. The second-order valence-corrected chi connectivity index (χ2v) is 5.74. The standard InChI is InChI=1S/C18H22N4O2/c1-21(2)17(23)15-5-4-6-16(13-15)20-18(24)22(3)12-9-14-7-10-19-11-8-14/h4-8,10-11,13H,9,12H2,1-3H3,(H,20,24). The van der Waals surface area contributed by atoms with Crippen LogP contribution in [0, 0.1) is 0 Å². The van der Waals surface area contributed by atoms with Crippen LogP contribution in [0.25, 0.3) is 0 Å². The van der Waals surface area contributed by atoms with Gasteiger partial charge in [-0.15, -0.1) is 0 Å². The number of likely N-dealkylation sites (N-methyl/N-ethyl adjacent to an activating group) is 1. The third-order valence-electron chi connectivity index (χ3n) is 3.60. The molecule has 1 heterocycles. The van der Waals surface area contributed by atoms with Crippen molar-refractivity contribution in [3.63, 3.8) is 0 Å². The molecule has 0 saturated carbocycles. The molecule has 1 N–H and O–H groups in total. The molecule has 3 amide bonds. The third kappa shape index (κ3) is 4.81. The van der Waals surface area contributed by atoms with E-state index < -0.39 is 0 Å². The molecule has 126 valence electrons. The van der Waals surface area contributed by atoms with E-state index in [1.165, 1.54) is 4.90 Å². The Hall–Kier alpha value is -2.89. The molecule has 0 unspecified atom stereocenters. The number of pyridine rings is 1. The van der Waals surface area contributed by atoms with Crippen LogP contribution >= 0.6 is 0 Å². The van der Waals surface area contributed by atoms with Crippen molar-refractivity contribution >= 4 is 17.6 Å². The summed E-state index contributed by atoms with van der Waals surface area (Å²) < 4.78 is 0. The van der Waals surface area contributed by atoms with Crippen molar-refractivity contribution < 1.29 is 9.59 Å². The zero-order valence-electron chi connectivity index (χ0n) is 14.2. The summed E-state index contributed by atoms with van der Waals surface area (Å²) in [6, 6.07) is 10.6. The molecule has 0 bridgehead atoms. The fourth-order valence-electron chi connectivity index (χ4n) is 2.15. The molecule has 1 aromatic heterocycles. The maximum atomic E-state index is 12.3. The highest BCUT2D eigenvalue weighted by atomic mass is 16.2. The van der Waals surface area contributed by atoms with Gasteiger partial charge < -0.3 is 15.1 Å². The quantitative estimate of drug-likeness (QED) is 0.918. The van der Waals surface area contributed by atoms with Gasteiger partial charge in [0.15, 0.2) is 0 Å². The van der Waals surface area contributed by atoms with Gasteiger partial charge in [0.25, 0.3) is 5.91 Å². The molecule has 0 radical (unpaired) electrons. The topological polar surface area (TPSA) is 65.5 Å². The lowest BCUT2D eigenvalue weighted by molar-refractivity contribution is 0.0827. The zero-order valence-corrected chi connectivity index (χ0v) is 14.2. The van der Waals surface area contributed by atoms with Gasteiger partial charge in [0.05, 0.1) is 0 Å². The monoisotopic (exact) mass is 326 g/mol. The first-order valence-electron chi connectivity index (χ1n) is 7.70. The number of benzene rings is 1. The summed E-state index contributed by atoms with van der Waals surface area (Å²) >= 11 is 0. The van der Waals surface area contributed by atoms with Crippen molar-refractivity contribution in [1.29, 1.82) is 0 Å². The van der Waals surface area contributed by atoms with Crippen LogP contribution in [0.4, 0.5) is 10.5 Å². The van der Waals surface area contributed by atoms with Crippen molar-refractivity contribution in [2.24, 2.45) is 0 Å². The lowest BCUT2D eigenvalue weighted by atomic mass is 10.2. The Kier molecular flexibility index (Phi) is 5.89. The minimum Gasteiger partial charge on any atom is -0.345 e. The Balaban J connectivity index is 1.94. The predicted octanol–water partition coefficient (Wildman–Crippen LogP) is 2.49. The summed E-state index contributed by atoms with van der Waals surface area (Å²) in [7, 11) is 5.13. The summed E-state index contributed by atoms with van der Waals surface area (Å²) in [5.41, 5.74) is 2.27. The molecular weight excluding hydrogens is 304 g/mol. The molecule has 0 saturated heterocycles. The predicted molar refractivity (Wildman–Crippen MR) is 94.0 cm³/mol. The van der Waals surface area contributed by atoms with Crippen LogP contribution in [0.1, 0.15) is 15.9 Å².